The highest BCUT2D eigenvalue weighted by molar-refractivity contribution is 6.31. The number of ether oxygens (including phenoxy) is 1. The zero-order valence-corrected chi connectivity index (χ0v) is 19.1. The van der Waals surface area contributed by atoms with Gasteiger partial charge in [-0.1, -0.05) is 41.9 Å². The quantitative estimate of drug-likeness (QED) is 0.555. The van der Waals surface area contributed by atoms with Gasteiger partial charge < -0.3 is 10.1 Å². The van der Waals surface area contributed by atoms with Crippen molar-refractivity contribution in [3.63, 3.8) is 0 Å². The van der Waals surface area contributed by atoms with Crippen LogP contribution in [0.2, 0.25) is 5.02 Å². The minimum absolute atomic E-state index is 0.0731. The molecule has 0 saturated carbocycles. The minimum atomic E-state index is -0.0731. The van der Waals surface area contributed by atoms with E-state index in [0.717, 1.165) is 43.8 Å². The Labute approximate surface area is 194 Å². The lowest BCUT2D eigenvalue weighted by molar-refractivity contribution is 0.0935. The molecule has 32 heavy (non-hydrogen) atoms. The number of rotatable bonds is 8. The molecule has 1 N–H and O–H groups in total. The molecule has 1 aliphatic rings. The first-order valence-electron chi connectivity index (χ1n) is 11.0. The van der Waals surface area contributed by atoms with E-state index >= 15 is 0 Å². The molecule has 1 amide bonds. The number of piperidine rings is 1. The van der Waals surface area contributed by atoms with Crippen LogP contribution < -0.4 is 10.1 Å². The maximum Gasteiger partial charge on any atom is 0.254 e. The second-order valence-electron chi connectivity index (χ2n) is 8.30. The molecule has 0 unspecified atom stereocenters. The molecule has 2 heterocycles. The van der Waals surface area contributed by atoms with E-state index in [1.807, 2.05) is 36.4 Å². The molecule has 0 aliphatic carbocycles. The van der Waals surface area contributed by atoms with Gasteiger partial charge in [-0.3, -0.25) is 14.4 Å². The van der Waals surface area contributed by atoms with E-state index in [4.69, 9.17) is 16.3 Å². The van der Waals surface area contributed by atoms with Gasteiger partial charge in [0.2, 0.25) is 0 Å². The molecule has 1 aromatic heterocycles. The summed E-state index contributed by atoms with van der Waals surface area (Å²) in [6.07, 6.45) is 5.56. The molecule has 168 valence electrons. The molecule has 0 radical (unpaired) electrons. The second kappa shape index (κ2) is 10.7. The van der Waals surface area contributed by atoms with Gasteiger partial charge in [0.15, 0.2) is 0 Å². The first-order valence-corrected chi connectivity index (χ1v) is 11.4. The number of carbonyl (C=O) groups is 1. The van der Waals surface area contributed by atoms with Crippen molar-refractivity contribution in [2.75, 3.05) is 26.7 Å². The molecule has 0 spiro atoms. The summed E-state index contributed by atoms with van der Waals surface area (Å²) in [4.78, 5) is 15.0. The largest absolute Gasteiger partial charge is 0.497 e. The van der Waals surface area contributed by atoms with Gasteiger partial charge in [-0.25, -0.2) is 0 Å². The number of benzene rings is 2. The van der Waals surface area contributed by atoms with Crippen LogP contribution in [0.1, 0.15) is 34.3 Å². The summed E-state index contributed by atoms with van der Waals surface area (Å²) >= 11 is 6.22. The number of aromatic nitrogens is 2. The van der Waals surface area contributed by atoms with Crippen LogP contribution in [0.5, 0.6) is 5.75 Å². The third-order valence-electron chi connectivity index (χ3n) is 6.01. The van der Waals surface area contributed by atoms with Crippen molar-refractivity contribution in [1.29, 1.82) is 0 Å². The van der Waals surface area contributed by atoms with Crippen molar-refractivity contribution in [3.05, 3.63) is 82.6 Å². The van der Waals surface area contributed by atoms with E-state index in [-0.39, 0.29) is 5.91 Å². The number of halogens is 1. The molecular formula is C25H29ClN4O2. The van der Waals surface area contributed by atoms with Gasteiger partial charge in [0.05, 0.1) is 25.4 Å². The second-order valence-corrected chi connectivity index (χ2v) is 8.70. The van der Waals surface area contributed by atoms with E-state index in [1.165, 1.54) is 5.56 Å². The average Bonchev–Trinajstić information content (AvgIpc) is 3.29. The van der Waals surface area contributed by atoms with Crippen molar-refractivity contribution in [2.24, 2.45) is 5.92 Å². The summed E-state index contributed by atoms with van der Waals surface area (Å²) in [6.45, 7) is 4.28. The van der Waals surface area contributed by atoms with E-state index in [1.54, 1.807) is 24.2 Å². The molecule has 1 aliphatic heterocycles. The predicted molar refractivity (Wildman–Crippen MR) is 126 cm³/mol. The van der Waals surface area contributed by atoms with Crippen LogP contribution in [0.15, 0.2) is 60.9 Å². The van der Waals surface area contributed by atoms with Crippen molar-refractivity contribution in [2.45, 2.75) is 25.9 Å². The fourth-order valence-electron chi connectivity index (χ4n) is 4.05. The van der Waals surface area contributed by atoms with E-state index < -0.39 is 0 Å². The monoisotopic (exact) mass is 452 g/mol. The number of amides is 1. The van der Waals surface area contributed by atoms with E-state index in [2.05, 4.69) is 27.4 Å². The molecule has 2 aromatic carbocycles. The lowest BCUT2D eigenvalue weighted by atomic mass is 9.96. The molecule has 1 fully saturated rings. The zero-order valence-electron chi connectivity index (χ0n) is 18.3. The van der Waals surface area contributed by atoms with E-state index in [9.17, 15) is 4.79 Å². The summed E-state index contributed by atoms with van der Waals surface area (Å²) in [5.74, 6) is 1.32. The van der Waals surface area contributed by atoms with Crippen LogP contribution in [0.3, 0.4) is 0 Å². The fraction of sp³-hybridized carbons (Fsp3) is 0.360. The molecule has 0 bridgehead atoms. The summed E-state index contributed by atoms with van der Waals surface area (Å²) < 4.78 is 6.97. The van der Waals surface area contributed by atoms with Gasteiger partial charge in [-0.15, -0.1) is 0 Å². The normalized spacial score (nSPS) is 14.9. The van der Waals surface area contributed by atoms with Crippen LogP contribution in [-0.4, -0.2) is 47.3 Å². The zero-order chi connectivity index (χ0) is 22.3. The summed E-state index contributed by atoms with van der Waals surface area (Å²) in [6, 6.07) is 15.9. The number of nitrogens with zero attached hydrogens (tertiary/aromatic N) is 3. The number of carbonyl (C=O) groups excluding carboxylic acids is 1. The van der Waals surface area contributed by atoms with Crippen LogP contribution in [0.25, 0.3) is 0 Å². The third-order valence-corrected chi connectivity index (χ3v) is 6.38. The number of likely N-dealkylation sites (tertiary alicyclic amines) is 1. The summed E-state index contributed by atoms with van der Waals surface area (Å²) in [7, 11) is 1.69. The highest BCUT2D eigenvalue weighted by Gasteiger charge is 2.20. The number of methoxy groups -OCH3 is 1. The first-order chi connectivity index (χ1) is 15.6. The molecule has 0 atom stereocenters. The molecule has 6 nitrogen and oxygen atoms in total. The van der Waals surface area contributed by atoms with Crippen LogP contribution in [0, 0.1) is 5.92 Å². The van der Waals surface area contributed by atoms with Gasteiger partial charge in [-0.05, 0) is 61.2 Å². The van der Waals surface area contributed by atoms with Gasteiger partial charge in [-0.2, -0.15) is 5.10 Å². The Balaban J connectivity index is 1.20. The van der Waals surface area contributed by atoms with Gasteiger partial charge in [0.1, 0.15) is 5.75 Å². The Bertz CT molecular complexity index is 1030. The smallest absolute Gasteiger partial charge is 0.254 e. The minimum Gasteiger partial charge on any atom is -0.497 e. The third kappa shape index (κ3) is 5.90. The van der Waals surface area contributed by atoms with Crippen molar-refractivity contribution >= 4 is 17.5 Å². The highest BCUT2D eigenvalue weighted by atomic mass is 35.5. The number of hydrogen-bond acceptors (Lipinski definition) is 4. The fourth-order valence-corrected chi connectivity index (χ4v) is 4.24. The van der Waals surface area contributed by atoms with Crippen molar-refractivity contribution in [3.8, 4) is 5.75 Å². The number of nitrogens with one attached hydrogen (secondary N) is 1. The molecular weight excluding hydrogens is 424 g/mol. The maximum absolute atomic E-state index is 12.6. The maximum atomic E-state index is 12.6. The van der Waals surface area contributed by atoms with Crippen molar-refractivity contribution < 1.29 is 9.53 Å². The van der Waals surface area contributed by atoms with Crippen LogP contribution >= 0.6 is 11.6 Å². The Morgan fingerprint density at radius 3 is 2.59 bits per heavy atom. The van der Waals surface area contributed by atoms with Crippen LogP contribution in [-0.2, 0) is 13.1 Å². The molecule has 7 heteroatoms. The Morgan fingerprint density at radius 2 is 1.88 bits per heavy atom. The Kier molecular flexibility index (Phi) is 7.45. The Morgan fingerprint density at radius 1 is 1.12 bits per heavy atom. The number of hydrogen-bond donors (Lipinski definition) is 1. The lowest BCUT2D eigenvalue weighted by Gasteiger charge is -2.32. The topological polar surface area (TPSA) is 59.4 Å². The molecule has 3 aromatic rings. The van der Waals surface area contributed by atoms with E-state index in [0.29, 0.717) is 29.6 Å². The lowest BCUT2D eigenvalue weighted by Crippen LogP contribution is -2.38. The molecule has 4 rings (SSSR count). The Hall–Kier alpha value is -2.83. The summed E-state index contributed by atoms with van der Waals surface area (Å²) in [5, 5.41) is 8.10. The predicted octanol–water partition coefficient (Wildman–Crippen LogP) is 4.24. The molecule has 1 saturated heterocycles. The van der Waals surface area contributed by atoms with Crippen LogP contribution in [0.4, 0.5) is 0 Å². The standard InChI is InChI=1S/C25H29ClN4O2/c1-32-23-8-6-20(7-9-23)16-29-12-10-19(11-13-29)14-27-25(31)22-15-28-30(18-22)17-21-4-2-3-5-24(21)26/h2-9,15,18-19H,10-14,16-17H2,1H3,(H,27,31). The van der Waals surface area contributed by atoms with Crippen molar-refractivity contribution in [1.82, 2.24) is 20.0 Å². The first kappa shape index (κ1) is 22.4. The average molecular weight is 453 g/mol. The SMILES string of the molecule is COc1ccc(CN2CCC(CNC(=O)c3cnn(Cc4ccccc4Cl)c3)CC2)cc1. The summed E-state index contributed by atoms with van der Waals surface area (Å²) in [5.41, 5.74) is 2.85. The van der Waals surface area contributed by atoms with Gasteiger partial charge in [0, 0.05) is 24.3 Å². The highest BCUT2D eigenvalue weighted by Crippen LogP contribution is 2.20. The van der Waals surface area contributed by atoms with Gasteiger partial charge >= 0.3 is 0 Å². The van der Waals surface area contributed by atoms with Gasteiger partial charge in [0.25, 0.3) is 5.91 Å².